The third kappa shape index (κ3) is 3.43. The summed E-state index contributed by atoms with van der Waals surface area (Å²) in [4.78, 5) is 13.1. The molecule has 2 aliphatic heterocycles. The molecule has 2 aliphatic rings. The van der Waals surface area contributed by atoms with Crippen LogP contribution in [-0.4, -0.2) is 61.5 Å². The first-order valence-corrected chi connectivity index (χ1v) is 6.77. The first-order chi connectivity index (χ1) is 8.63. The maximum Gasteiger partial charge on any atom is 0.306 e. The van der Waals surface area contributed by atoms with Gasteiger partial charge in [0.2, 0.25) is 0 Å². The van der Waals surface area contributed by atoms with Gasteiger partial charge in [-0.1, -0.05) is 0 Å². The Kier molecular flexibility index (Phi) is 4.59. The van der Waals surface area contributed by atoms with E-state index in [2.05, 4.69) is 4.90 Å². The van der Waals surface area contributed by atoms with Crippen molar-refractivity contribution in [2.24, 2.45) is 5.41 Å². The Morgan fingerprint density at radius 1 is 1.44 bits per heavy atom. The molecule has 0 aromatic carbocycles. The largest absolute Gasteiger partial charge is 0.481 e. The van der Waals surface area contributed by atoms with Crippen molar-refractivity contribution in [2.75, 3.05) is 39.5 Å². The molecule has 2 fully saturated rings. The maximum atomic E-state index is 10.8. The highest BCUT2D eigenvalue weighted by molar-refractivity contribution is 5.67. The fraction of sp³-hybridized carbons (Fsp3) is 0.923. The maximum absolute atomic E-state index is 10.8. The monoisotopic (exact) mass is 257 g/mol. The summed E-state index contributed by atoms with van der Waals surface area (Å²) in [6.45, 7) is 7.10. The highest BCUT2D eigenvalue weighted by Crippen LogP contribution is 2.39. The zero-order valence-electron chi connectivity index (χ0n) is 11.1. The molecule has 1 unspecified atom stereocenters. The summed E-state index contributed by atoms with van der Waals surface area (Å²) >= 11 is 0. The van der Waals surface area contributed by atoms with Crippen LogP contribution in [0.5, 0.6) is 0 Å². The number of hydrogen-bond donors (Lipinski definition) is 1. The first-order valence-electron chi connectivity index (χ1n) is 6.77. The van der Waals surface area contributed by atoms with Crippen molar-refractivity contribution in [3.63, 3.8) is 0 Å². The Labute approximate surface area is 108 Å². The van der Waals surface area contributed by atoms with Crippen LogP contribution >= 0.6 is 0 Å². The molecule has 1 N–H and O–H groups in total. The molecule has 2 rings (SSSR count). The summed E-state index contributed by atoms with van der Waals surface area (Å²) in [7, 11) is 0. The van der Waals surface area contributed by atoms with Gasteiger partial charge in [0.15, 0.2) is 0 Å². The summed E-state index contributed by atoms with van der Waals surface area (Å²) in [5.74, 6) is -0.783. The van der Waals surface area contributed by atoms with Crippen LogP contribution in [0, 0.1) is 5.41 Å². The van der Waals surface area contributed by atoms with Gasteiger partial charge in [0.25, 0.3) is 0 Å². The molecule has 0 bridgehead atoms. The predicted octanol–water partition coefficient (Wildman–Crippen LogP) is 0.979. The predicted molar refractivity (Wildman–Crippen MR) is 66.6 cm³/mol. The number of carbonyl (C=O) groups is 1. The van der Waals surface area contributed by atoms with Gasteiger partial charge in [0.1, 0.15) is 0 Å². The zero-order valence-corrected chi connectivity index (χ0v) is 11.1. The lowest BCUT2D eigenvalue weighted by Gasteiger charge is -2.53. The molecule has 0 aromatic rings. The molecule has 0 aromatic heterocycles. The summed E-state index contributed by atoms with van der Waals surface area (Å²) in [5, 5.41) is 8.84. The van der Waals surface area contributed by atoms with Crippen LogP contribution in [0.1, 0.15) is 26.2 Å². The SMILES string of the molecule is CCOC(CC(=O)O)CN1CC2(CCOCC2)C1. The van der Waals surface area contributed by atoms with Gasteiger partial charge in [-0.05, 0) is 19.8 Å². The Morgan fingerprint density at radius 2 is 2.11 bits per heavy atom. The van der Waals surface area contributed by atoms with Gasteiger partial charge in [-0.25, -0.2) is 0 Å². The molecule has 5 nitrogen and oxygen atoms in total. The smallest absolute Gasteiger partial charge is 0.306 e. The molecule has 1 atom stereocenters. The zero-order chi connectivity index (χ0) is 13.0. The third-order valence-corrected chi connectivity index (χ3v) is 3.94. The second-order valence-corrected chi connectivity index (χ2v) is 5.46. The van der Waals surface area contributed by atoms with Gasteiger partial charge < -0.3 is 14.6 Å². The normalized spacial score (nSPS) is 24.7. The van der Waals surface area contributed by atoms with Gasteiger partial charge in [0.05, 0.1) is 12.5 Å². The highest BCUT2D eigenvalue weighted by Gasteiger charge is 2.44. The Bertz CT molecular complexity index is 281. The molecule has 5 heteroatoms. The molecular weight excluding hydrogens is 234 g/mol. The van der Waals surface area contributed by atoms with Crippen LogP contribution in [0.4, 0.5) is 0 Å². The van der Waals surface area contributed by atoms with Crippen molar-refractivity contribution < 1.29 is 19.4 Å². The molecular formula is C13H23NO4. The van der Waals surface area contributed by atoms with Crippen LogP contribution in [-0.2, 0) is 14.3 Å². The molecule has 0 aliphatic carbocycles. The minimum Gasteiger partial charge on any atom is -0.481 e. The Balaban J connectivity index is 1.74. The average molecular weight is 257 g/mol. The van der Waals surface area contributed by atoms with Crippen molar-refractivity contribution >= 4 is 5.97 Å². The summed E-state index contributed by atoms with van der Waals surface area (Å²) in [5.41, 5.74) is 0.443. The van der Waals surface area contributed by atoms with Gasteiger partial charge in [0, 0.05) is 44.9 Å². The van der Waals surface area contributed by atoms with Crippen LogP contribution in [0.2, 0.25) is 0 Å². The van der Waals surface area contributed by atoms with Crippen molar-refractivity contribution in [1.82, 2.24) is 4.90 Å². The van der Waals surface area contributed by atoms with Crippen molar-refractivity contribution in [3.05, 3.63) is 0 Å². The third-order valence-electron chi connectivity index (χ3n) is 3.94. The fourth-order valence-corrected chi connectivity index (χ4v) is 3.05. The van der Waals surface area contributed by atoms with E-state index in [4.69, 9.17) is 14.6 Å². The number of ether oxygens (including phenoxy) is 2. The lowest BCUT2D eigenvalue weighted by Crippen LogP contribution is -2.60. The number of hydrogen-bond acceptors (Lipinski definition) is 4. The molecule has 2 saturated heterocycles. The standard InChI is InChI=1S/C13H23NO4/c1-2-18-11(7-12(15)16)8-14-9-13(10-14)3-5-17-6-4-13/h11H,2-10H2,1H3,(H,15,16). The molecule has 2 heterocycles. The fourth-order valence-electron chi connectivity index (χ4n) is 3.05. The van der Waals surface area contributed by atoms with Crippen LogP contribution in [0.3, 0.4) is 0 Å². The quantitative estimate of drug-likeness (QED) is 0.768. The van der Waals surface area contributed by atoms with E-state index < -0.39 is 5.97 Å². The van der Waals surface area contributed by atoms with Gasteiger partial charge >= 0.3 is 5.97 Å². The van der Waals surface area contributed by atoms with E-state index in [-0.39, 0.29) is 12.5 Å². The van der Waals surface area contributed by atoms with Crippen LogP contribution in [0.15, 0.2) is 0 Å². The molecule has 104 valence electrons. The lowest BCUT2D eigenvalue weighted by molar-refractivity contribution is -0.142. The Hall–Kier alpha value is -0.650. The lowest BCUT2D eigenvalue weighted by atomic mass is 9.73. The second kappa shape index (κ2) is 5.99. The Morgan fingerprint density at radius 3 is 2.67 bits per heavy atom. The molecule has 1 spiro atoms. The van der Waals surface area contributed by atoms with E-state index in [1.807, 2.05) is 6.92 Å². The van der Waals surface area contributed by atoms with Crippen molar-refractivity contribution in [1.29, 1.82) is 0 Å². The number of carboxylic acids is 1. The molecule has 18 heavy (non-hydrogen) atoms. The topological polar surface area (TPSA) is 59.0 Å². The van der Waals surface area contributed by atoms with Gasteiger partial charge in [-0.3, -0.25) is 9.69 Å². The number of rotatable bonds is 6. The highest BCUT2D eigenvalue weighted by atomic mass is 16.5. The second-order valence-electron chi connectivity index (χ2n) is 5.46. The molecule has 0 amide bonds. The van der Waals surface area contributed by atoms with Gasteiger partial charge in [-0.15, -0.1) is 0 Å². The minimum absolute atomic E-state index is 0.0977. The summed E-state index contributed by atoms with van der Waals surface area (Å²) < 4.78 is 10.9. The van der Waals surface area contributed by atoms with Gasteiger partial charge in [-0.2, -0.15) is 0 Å². The number of nitrogens with zero attached hydrogens (tertiary/aromatic N) is 1. The number of aliphatic carboxylic acids is 1. The first kappa shape index (κ1) is 13.8. The summed E-state index contributed by atoms with van der Waals surface area (Å²) in [6, 6.07) is 0. The van der Waals surface area contributed by atoms with E-state index in [1.54, 1.807) is 0 Å². The number of likely N-dealkylation sites (tertiary alicyclic amines) is 1. The van der Waals surface area contributed by atoms with E-state index >= 15 is 0 Å². The van der Waals surface area contributed by atoms with Crippen LogP contribution < -0.4 is 0 Å². The van der Waals surface area contributed by atoms with Crippen molar-refractivity contribution in [3.8, 4) is 0 Å². The van der Waals surface area contributed by atoms with E-state index in [0.717, 1.165) is 45.7 Å². The van der Waals surface area contributed by atoms with Crippen LogP contribution in [0.25, 0.3) is 0 Å². The van der Waals surface area contributed by atoms with E-state index in [9.17, 15) is 4.79 Å². The van der Waals surface area contributed by atoms with Crippen molar-refractivity contribution in [2.45, 2.75) is 32.3 Å². The van der Waals surface area contributed by atoms with E-state index in [1.165, 1.54) is 0 Å². The molecule has 0 radical (unpaired) electrons. The molecule has 0 saturated carbocycles. The number of carboxylic acid groups (broad SMARTS) is 1. The van der Waals surface area contributed by atoms with E-state index in [0.29, 0.717) is 12.0 Å². The summed E-state index contributed by atoms with van der Waals surface area (Å²) in [6.07, 6.45) is 2.20. The average Bonchev–Trinajstić information content (AvgIpc) is 2.27. The minimum atomic E-state index is -0.783.